The van der Waals surface area contributed by atoms with Crippen molar-refractivity contribution in [3.8, 4) is 5.75 Å². The molecule has 11 nitrogen and oxygen atoms in total. The average Bonchev–Trinajstić information content (AvgIpc) is 3.56. The van der Waals surface area contributed by atoms with Crippen molar-refractivity contribution in [3.63, 3.8) is 0 Å². The molecule has 1 unspecified atom stereocenters. The summed E-state index contributed by atoms with van der Waals surface area (Å²) < 4.78 is 13.0. The smallest absolute Gasteiger partial charge is 0.226 e. The number of nitrogens with one attached hydrogen (secondary N) is 3. The fourth-order valence-corrected chi connectivity index (χ4v) is 5.76. The Kier molecular flexibility index (Phi) is 6.25. The van der Waals surface area contributed by atoms with Crippen LogP contribution in [0.1, 0.15) is 37.8 Å². The third-order valence-electron chi connectivity index (χ3n) is 7.71. The minimum absolute atomic E-state index is 0.199. The Bertz CT molecular complexity index is 1250. The van der Waals surface area contributed by atoms with Crippen LogP contribution < -0.4 is 31.5 Å². The van der Waals surface area contributed by atoms with Gasteiger partial charge >= 0.3 is 0 Å². The second-order valence-electron chi connectivity index (χ2n) is 10.0. The Morgan fingerprint density at radius 3 is 2.68 bits per heavy atom. The van der Waals surface area contributed by atoms with E-state index in [1.54, 1.807) is 11.8 Å². The van der Waals surface area contributed by atoms with Gasteiger partial charge in [0.25, 0.3) is 0 Å². The molecule has 37 heavy (non-hydrogen) atoms. The zero-order valence-electron chi connectivity index (χ0n) is 21.5. The van der Waals surface area contributed by atoms with Gasteiger partial charge in [-0.3, -0.25) is 15.5 Å². The number of guanidine groups is 1. The number of fused-ring (bicyclic) bond motifs is 1. The molecule has 0 bridgehead atoms. The number of aromatic nitrogens is 2. The highest BCUT2D eigenvalue weighted by molar-refractivity contribution is 6.17. The number of morpholine rings is 1. The Morgan fingerprint density at radius 1 is 1.14 bits per heavy atom. The van der Waals surface area contributed by atoms with Gasteiger partial charge in [-0.15, -0.1) is 0 Å². The maximum absolute atomic E-state index is 7.26. The van der Waals surface area contributed by atoms with Gasteiger partial charge in [-0.25, -0.2) is 4.99 Å². The van der Waals surface area contributed by atoms with Crippen LogP contribution in [0, 0.1) is 5.92 Å². The lowest BCUT2D eigenvalue weighted by Gasteiger charge is -2.39. The number of aryl methyl sites for hydroxylation is 1. The fourth-order valence-electron chi connectivity index (χ4n) is 5.76. The first-order chi connectivity index (χ1) is 18.0. The number of hydrogen-bond donors (Lipinski definition) is 4. The van der Waals surface area contributed by atoms with E-state index in [-0.39, 0.29) is 5.92 Å². The number of rotatable bonds is 5. The van der Waals surface area contributed by atoms with Gasteiger partial charge in [-0.1, -0.05) is 19.3 Å². The first kappa shape index (κ1) is 23.8. The number of nitrogens with zero attached hydrogens (tertiary/aromatic N) is 5. The molecule has 1 atom stereocenters. The van der Waals surface area contributed by atoms with Gasteiger partial charge in [0.15, 0.2) is 5.84 Å². The summed E-state index contributed by atoms with van der Waals surface area (Å²) in [4.78, 5) is 12.2. The topological polar surface area (TPSA) is 126 Å². The lowest BCUT2D eigenvalue weighted by atomic mass is 9.75. The summed E-state index contributed by atoms with van der Waals surface area (Å²) in [6, 6.07) is 8.11. The summed E-state index contributed by atoms with van der Waals surface area (Å²) in [6.07, 6.45) is 7.51. The molecule has 1 saturated carbocycles. The molecule has 5 N–H and O–H groups in total. The van der Waals surface area contributed by atoms with Crippen molar-refractivity contribution < 1.29 is 9.47 Å². The number of nitrogens with two attached hydrogens (primary N) is 1. The maximum Gasteiger partial charge on any atom is 0.226 e. The predicted molar refractivity (Wildman–Crippen MR) is 144 cm³/mol. The van der Waals surface area contributed by atoms with Gasteiger partial charge in [-0.2, -0.15) is 10.1 Å². The normalized spacial score (nSPS) is 24.1. The number of hydrogen-bond acceptors (Lipinski definition) is 10. The van der Waals surface area contributed by atoms with Crippen LogP contribution in [0.15, 0.2) is 46.0 Å². The molecule has 1 aromatic carbocycles. The first-order valence-corrected chi connectivity index (χ1v) is 13.1. The molecular weight excluding hydrogens is 470 g/mol. The van der Waals surface area contributed by atoms with E-state index in [2.05, 4.69) is 32.2 Å². The molecule has 0 amide bonds. The minimum atomic E-state index is -0.940. The number of anilines is 2. The Hall–Kier alpha value is -3.57. The first-order valence-electron chi connectivity index (χ1n) is 13.1. The third-order valence-corrected chi connectivity index (χ3v) is 7.71. The average molecular weight is 506 g/mol. The minimum Gasteiger partial charge on any atom is -0.494 e. The number of methoxy groups -OCH3 is 1. The summed E-state index contributed by atoms with van der Waals surface area (Å²) in [5.74, 6) is 2.06. The van der Waals surface area contributed by atoms with Gasteiger partial charge in [0.2, 0.25) is 5.96 Å². The van der Waals surface area contributed by atoms with Crippen molar-refractivity contribution in [2.45, 2.75) is 37.8 Å². The van der Waals surface area contributed by atoms with Crippen LogP contribution in [0.25, 0.3) is 5.70 Å². The van der Waals surface area contributed by atoms with E-state index in [1.807, 2.05) is 31.4 Å². The summed E-state index contributed by atoms with van der Waals surface area (Å²) in [6.45, 7) is 3.18. The third kappa shape index (κ3) is 4.42. The molecule has 4 aliphatic rings. The molecule has 11 heteroatoms. The van der Waals surface area contributed by atoms with Crippen molar-refractivity contribution >= 4 is 28.9 Å². The summed E-state index contributed by atoms with van der Waals surface area (Å²) in [7, 11) is 3.58. The van der Waals surface area contributed by atoms with Crippen LogP contribution in [0.3, 0.4) is 0 Å². The van der Waals surface area contributed by atoms with Crippen molar-refractivity contribution in [1.29, 1.82) is 0 Å². The highest BCUT2D eigenvalue weighted by Gasteiger charge is 2.48. The molecule has 6 rings (SSSR count). The second-order valence-corrected chi connectivity index (χ2v) is 10.0. The second kappa shape index (κ2) is 9.71. The Labute approximate surface area is 216 Å². The lowest BCUT2D eigenvalue weighted by molar-refractivity contribution is 0.122. The lowest BCUT2D eigenvalue weighted by Crippen LogP contribution is -2.53. The molecule has 2 aromatic rings. The van der Waals surface area contributed by atoms with E-state index in [1.165, 1.54) is 6.42 Å². The molecule has 1 aliphatic carbocycles. The molecule has 3 aliphatic heterocycles. The molecule has 196 valence electrons. The van der Waals surface area contributed by atoms with E-state index in [0.29, 0.717) is 11.8 Å². The van der Waals surface area contributed by atoms with E-state index in [0.717, 1.165) is 86.1 Å². The number of aliphatic imine (C=N–C) groups is 2. The monoisotopic (exact) mass is 505 g/mol. The van der Waals surface area contributed by atoms with Gasteiger partial charge in [0.05, 0.1) is 37.3 Å². The molecule has 0 spiro atoms. The fraction of sp³-hybridized carbons (Fsp3) is 0.500. The van der Waals surface area contributed by atoms with Crippen molar-refractivity contribution in [2.24, 2.45) is 28.7 Å². The molecule has 1 saturated heterocycles. The molecule has 2 fully saturated rings. The van der Waals surface area contributed by atoms with Gasteiger partial charge in [0, 0.05) is 44.0 Å². The van der Waals surface area contributed by atoms with E-state index in [9.17, 15) is 0 Å². The standard InChI is InChI=1S/C26H35N9O2/c1-34-11-10-20(33-34)23-22-24(32-31-23)29-25(30-26(22,27)17-6-4-3-5-7-17)28-19-9-8-18(16-21(19)36-2)35-12-14-37-15-13-35/h8-11,16-17H,3-7,12-15,27H2,1-2H3,(H3,28,29,30,31,32). The predicted octanol–water partition coefficient (Wildman–Crippen LogP) is 2.20. The number of benzene rings is 1. The molecule has 1 aromatic heterocycles. The van der Waals surface area contributed by atoms with E-state index >= 15 is 0 Å². The Balaban J connectivity index is 1.36. The number of amidine groups is 1. The zero-order valence-corrected chi connectivity index (χ0v) is 21.5. The Morgan fingerprint density at radius 2 is 1.95 bits per heavy atom. The SMILES string of the molecule is COc1cc(N2CCOCC2)ccc1NC1=NC(N)(C2CCCCC2)C2=C(c3ccn(C)n3)NNC2=N1. The van der Waals surface area contributed by atoms with Crippen molar-refractivity contribution in [2.75, 3.05) is 43.6 Å². The summed E-state index contributed by atoms with van der Waals surface area (Å²) >= 11 is 0. The molecule has 0 radical (unpaired) electrons. The zero-order chi connectivity index (χ0) is 25.4. The van der Waals surface area contributed by atoms with Gasteiger partial charge in [0.1, 0.15) is 17.1 Å². The van der Waals surface area contributed by atoms with Gasteiger partial charge in [-0.05, 0) is 31.0 Å². The highest BCUT2D eigenvalue weighted by Crippen LogP contribution is 2.42. The van der Waals surface area contributed by atoms with E-state index in [4.69, 9.17) is 25.2 Å². The largest absolute Gasteiger partial charge is 0.494 e. The van der Waals surface area contributed by atoms with Crippen molar-refractivity contribution in [3.05, 3.63) is 41.7 Å². The molecular formula is C26H35N9O2. The molecule has 4 heterocycles. The maximum atomic E-state index is 7.26. The van der Waals surface area contributed by atoms with Crippen LogP contribution in [0.4, 0.5) is 11.4 Å². The number of hydrazine groups is 1. The van der Waals surface area contributed by atoms with Crippen LogP contribution in [0.5, 0.6) is 5.75 Å². The van der Waals surface area contributed by atoms with E-state index < -0.39 is 5.66 Å². The highest BCUT2D eigenvalue weighted by atomic mass is 16.5. The van der Waals surface area contributed by atoms with Crippen LogP contribution in [0.2, 0.25) is 0 Å². The quantitative estimate of drug-likeness (QED) is 0.487. The van der Waals surface area contributed by atoms with Gasteiger partial charge < -0.3 is 25.4 Å². The summed E-state index contributed by atoms with van der Waals surface area (Å²) in [5.41, 5.74) is 17.2. The summed E-state index contributed by atoms with van der Waals surface area (Å²) in [5, 5.41) is 8.00. The van der Waals surface area contributed by atoms with Crippen LogP contribution in [-0.4, -0.2) is 60.7 Å². The van der Waals surface area contributed by atoms with Crippen LogP contribution >= 0.6 is 0 Å². The van der Waals surface area contributed by atoms with Crippen LogP contribution in [-0.2, 0) is 11.8 Å². The van der Waals surface area contributed by atoms with Crippen molar-refractivity contribution in [1.82, 2.24) is 20.6 Å². The number of ether oxygens (including phenoxy) is 2.